The fourth-order valence-corrected chi connectivity index (χ4v) is 0.668. The summed E-state index contributed by atoms with van der Waals surface area (Å²) >= 11 is 0. The van der Waals surface area contributed by atoms with E-state index in [1.165, 1.54) is 0 Å². The Hall–Kier alpha value is 0.0103. The van der Waals surface area contributed by atoms with Crippen LogP contribution in [0.5, 0.6) is 0 Å². The van der Waals surface area contributed by atoms with Gasteiger partial charge < -0.3 is 30.6 Å². The van der Waals surface area contributed by atoms with Gasteiger partial charge in [-0.15, -0.1) is 0 Å². The van der Waals surface area contributed by atoms with Crippen LogP contribution in [0.25, 0.3) is 0 Å². The van der Waals surface area contributed by atoms with Gasteiger partial charge in [0.2, 0.25) is 0 Å². The van der Waals surface area contributed by atoms with Gasteiger partial charge in [-0.2, -0.15) is 0 Å². The molecule has 0 aromatic heterocycles. The van der Waals surface area contributed by atoms with Crippen molar-refractivity contribution in [1.82, 2.24) is 0 Å². The van der Waals surface area contributed by atoms with Gasteiger partial charge in [0.15, 0.2) is 6.10 Å². The molecule has 14 heavy (non-hydrogen) atoms. The van der Waals surface area contributed by atoms with E-state index >= 15 is 0 Å². The number of aliphatic carboxylic acids is 1. The van der Waals surface area contributed by atoms with Crippen LogP contribution in [0.1, 0.15) is 0 Å². The van der Waals surface area contributed by atoms with Gasteiger partial charge >= 0.3 is 28.3 Å². The number of rotatable bonds is 5. The summed E-state index contributed by atoms with van der Waals surface area (Å²) in [5.74, 6) is -1.73. The van der Waals surface area contributed by atoms with Gasteiger partial charge in [-0.05, 0) is 0 Å². The summed E-state index contributed by atoms with van der Waals surface area (Å²) in [5, 5.41) is 51.8. The van der Waals surface area contributed by atoms with Crippen molar-refractivity contribution < 1.29 is 57.8 Å². The van der Waals surface area contributed by atoms with Crippen LogP contribution in [0.15, 0.2) is 0 Å². The van der Waals surface area contributed by atoms with E-state index in [0.29, 0.717) is 0 Å². The molecule has 0 aliphatic heterocycles. The molecule has 0 saturated heterocycles. The number of aliphatic hydroxyl groups is 5. The van der Waals surface area contributed by atoms with Crippen molar-refractivity contribution in [1.29, 1.82) is 0 Å². The largest absolute Gasteiger partial charge is 3.00 e. The van der Waals surface area contributed by atoms with Crippen LogP contribution in [-0.2, 0) is 27.2 Å². The van der Waals surface area contributed by atoms with Crippen LogP contribution in [0, 0.1) is 0 Å². The molecule has 0 aromatic rings. The molecule has 4 atom stereocenters. The van der Waals surface area contributed by atoms with Gasteiger partial charge in [-0.3, -0.25) is 0 Å². The number of carboxylic acid groups (broad SMARTS) is 1. The predicted molar refractivity (Wildman–Crippen MR) is 38.7 cm³/mol. The topological polar surface area (TPSA) is 138 Å². The minimum absolute atomic E-state index is 0. The van der Waals surface area contributed by atoms with Crippen LogP contribution >= 0.6 is 0 Å². The zero-order valence-corrected chi connectivity index (χ0v) is 9.08. The van der Waals surface area contributed by atoms with Gasteiger partial charge in [0.25, 0.3) is 0 Å². The second-order valence-electron chi connectivity index (χ2n) is 2.51. The van der Waals surface area contributed by atoms with Crippen LogP contribution in [0.2, 0.25) is 0 Å². The second kappa shape index (κ2) is 7.32. The van der Waals surface area contributed by atoms with Gasteiger partial charge in [0.05, 0.1) is 6.61 Å². The van der Waals surface area contributed by atoms with Gasteiger partial charge in [0.1, 0.15) is 18.3 Å². The summed E-state index contributed by atoms with van der Waals surface area (Å²) in [7, 11) is 0. The van der Waals surface area contributed by atoms with E-state index in [1.807, 2.05) is 0 Å². The van der Waals surface area contributed by atoms with Crippen molar-refractivity contribution in [2.24, 2.45) is 0 Å². The van der Waals surface area contributed by atoms with Crippen LogP contribution < -0.4 is 0 Å². The van der Waals surface area contributed by atoms with Crippen LogP contribution in [-0.4, -0.2) is 67.6 Å². The Balaban J connectivity index is 0. The van der Waals surface area contributed by atoms with Crippen molar-refractivity contribution >= 4 is 5.97 Å². The number of hydrogen-bond donors (Lipinski definition) is 6. The van der Waals surface area contributed by atoms with Crippen molar-refractivity contribution in [3.05, 3.63) is 0 Å². The molecule has 0 aliphatic carbocycles. The Morgan fingerprint density at radius 2 is 1.50 bits per heavy atom. The third-order valence-electron chi connectivity index (χ3n) is 1.51. The minimum atomic E-state index is -2.20. The molecule has 0 radical (unpaired) electrons. The maximum Gasteiger partial charge on any atom is 3.00 e. The first kappa shape index (κ1) is 16.4. The summed E-state index contributed by atoms with van der Waals surface area (Å²) in [6, 6.07) is 0. The number of aliphatic hydroxyl groups excluding tert-OH is 5. The Labute approximate surface area is 95.1 Å². The normalized spacial score (nSPS) is 18.9. The Kier molecular flexibility index (Phi) is 8.60. The summed E-state index contributed by atoms with van der Waals surface area (Å²) in [4.78, 5) is 10.1. The average Bonchev–Trinajstić information content (AvgIpc) is 2.12. The van der Waals surface area contributed by atoms with E-state index in [2.05, 4.69) is 0 Å². The first-order valence-corrected chi connectivity index (χ1v) is 3.47. The maximum absolute atomic E-state index is 10.1. The standard InChI is InChI=1S/C6H12O7.Au/c7-1-2(8)3(9)4(10)5(11)6(12)13;/h2-5,7-11H,1H2,(H,12,13);/q;+3/t2-,3-,4+,5-;/m1./s1. The summed E-state index contributed by atoms with van der Waals surface area (Å²) in [6.45, 7) is -0.843. The summed E-state index contributed by atoms with van der Waals surface area (Å²) in [5.41, 5.74) is 0. The first-order valence-electron chi connectivity index (χ1n) is 3.47. The molecule has 7 nitrogen and oxygen atoms in total. The van der Waals surface area contributed by atoms with Crippen molar-refractivity contribution in [3.8, 4) is 0 Å². The molecule has 0 spiro atoms. The zero-order valence-electron chi connectivity index (χ0n) is 6.91. The SMILES string of the molecule is O=C(O)[C@H](O)[C@@H](O)[C@H](O)[C@H](O)CO.[Au+3]. The number of carbonyl (C=O) groups is 1. The quantitative estimate of drug-likeness (QED) is 0.267. The summed E-state index contributed by atoms with van der Waals surface area (Å²) in [6.07, 6.45) is -7.84. The molecular weight excluding hydrogens is 381 g/mol. The summed E-state index contributed by atoms with van der Waals surface area (Å²) < 4.78 is 0. The predicted octanol–water partition coefficient (Wildman–Crippen LogP) is -3.50. The molecule has 0 saturated carbocycles. The Morgan fingerprint density at radius 1 is 1.07 bits per heavy atom. The molecule has 0 fully saturated rings. The molecule has 86 valence electrons. The molecule has 0 bridgehead atoms. The smallest absolute Gasteiger partial charge is 0.479 e. The minimum Gasteiger partial charge on any atom is -0.479 e. The monoisotopic (exact) mass is 393 g/mol. The van der Waals surface area contributed by atoms with E-state index in [0.717, 1.165) is 0 Å². The molecular formula is C6H12AuO7+3. The van der Waals surface area contributed by atoms with Crippen LogP contribution in [0.3, 0.4) is 0 Å². The van der Waals surface area contributed by atoms with Gasteiger partial charge in [0, 0.05) is 0 Å². The molecule has 6 N–H and O–H groups in total. The van der Waals surface area contributed by atoms with E-state index < -0.39 is 37.0 Å². The second-order valence-corrected chi connectivity index (χ2v) is 2.51. The number of carboxylic acids is 1. The average molecular weight is 393 g/mol. The number of hydrogen-bond acceptors (Lipinski definition) is 6. The Morgan fingerprint density at radius 3 is 1.79 bits per heavy atom. The van der Waals surface area contributed by atoms with Gasteiger partial charge in [-0.25, -0.2) is 4.79 Å². The first-order chi connectivity index (χ1) is 5.91. The van der Waals surface area contributed by atoms with E-state index in [1.54, 1.807) is 0 Å². The van der Waals surface area contributed by atoms with E-state index in [9.17, 15) is 4.79 Å². The fourth-order valence-electron chi connectivity index (χ4n) is 0.668. The fraction of sp³-hybridized carbons (Fsp3) is 0.833. The molecule has 0 rings (SSSR count). The van der Waals surface area contributed by atoms with Crippen LogP contribution in [0.4, 0.5) is 0 Å². The molecule has 0 amide bonds. The third kappa shape index (κ3) is 4.49. The van der Waals surface area contributed by atoms with Crippen molar-refractivity contribution in [2.75, 3.05) is 6.61 Å². The molecule has 0 aromatic carbocycles. The Bertz CT molecular complexity index is 176. The van der Waals surface area contributed by atoms with Gasteiger partial charge in [-0.1, -0.05) is 0 Å². The van der Waals surface area contributed by atoms with E-state index in [4.69, 9.17) is 30.6 Å². The third-order valence-corrected chi connectivity index (χ3v) is 1.51. The molecule has 0 unspecified atom stereocenters. The van der Waals surface area contributed by atoms with Crippen molar-refractivity contribution in [2.45, 2.75) is 24.4 Å². The molecule has 0 heterocycles. The maximum atomic E-state index is 10.1. The zero-order chi connectivity index (χ0) is 10.6. The van der Waals surface area contributed by atoms with Crippen molar-refractivity contribution in [3.63, 3.8) is 0 Å². The molecule has 8 heteroatoms. The van der Waals surface area contributed by atoms with E-state index in [-0.39, 0.29) is 22.4 Å². The molecule has 0 aliphatic rings.